The van der Waals surface area contributed by atoms with E-state index in [2.05, 4.69) is 26.7 Å². The lowest BCUT2D eigenvalue weighted by molar-refractivity contribution is 0.508. The number of nitrogens with one attached hydrogen (secondary N) is 2. The van der Waals surface area contributed by atoms with Gasteiger partial charge in [-0.25, -0.2) is 0 Å². The Hall–Kier alpha value is -2.09. The zero-order valence-corrected chi connectivity index (χ0v) is 10.1. The molecule has 1 aliphatic carbocycles. The zero-order valence-electron chi connectivity index (χ0n) is 10.1. The van der Waals surface area contributed by atoms with Gasteiger partial charge in [0.1, 0.15) is 0 Å². The van der Waals surface area contributed by atoms with Crippen LogP contribution in [0, 0.1) is 11.3 Å². The van der Waals surface area contributed by atoms with Crippen molar-refractivity contribution in [2.24, 2.45) is 4.99 Å². The molecule has 0 saturated carbocycles. The summed E-state index contributed by atoms with van der Waals surface area (Å²) in [7, 11) is 0. The van der Waals surface area contributed by atoms with Crippen LogP contribution in [0.1, 0.15) is 35.7 Å². The Morgan fingerprint density at radius 1 is 1.50 bits per heavy atom. The first-order chi connectivity index (χ1) is 8.88. The standard InChI is InChI=1S/C13H15N5/c14-8-9-4-5-15-12-10(9)2-1-3-11(12)18-13-16-6-7-17-13/h4-5,11H,1-3,6-7H2,(H2,16,17,18). The van der Waals surface area contributed by atoms with Gasteiger partial charge in [-0.05, 0) is 30.9 Å². The molecule has 0 spiro atoms. The van der Waals surface area contributed by atoms with Gasteiger partial charge in [0, 0.05) is 12.7 Å². The second kappa shape index (κ2) is 4.65. The molecular formula is C13H15N5. The number of hydrogen-bond acceptors (Lipinski definition) is 5. The first-order valence-corrected chi connectivity index (χ1v) is 6.31. The highest BCUT2D eigenvalue weighted by Crippen LogP contribution is 2.29. The first kappa shape index (κ1) is 11.0. The fourth-order valence-corrected chi connectivity index (χ4v) is 2.60. The molecule has 0 saturated heterocycles. The molecule has 2 aliphatic rings. The van der Waals surface area contributed by atoms with Gasteiger partial charge in [-0.2, -0.15) is 5.26 Å². The van der Waals surface area contributed by atoms with Gasteiger partial charge in [-0.3, -0.25) is 9.98 Å². The maximum atomic E-state index is 9.13. The van der Waals surface area contributed by atoms with E-state index in [4.69, 9.17) is 5.26 Å². The van der Waals surface area contributed by atoms with E-state index in [1.54, 1.807) is 12.3 Å². The van der Waals surface area contributed by atoms with Crippen LogP contribution in [-0.2, 0) is 6.42 Å². The zero-order chi connectivity index (χ0) is 12.4. The Kier molecular flexibility index (Phi) is 2.85. The van der Waals surface area contributed by atoms with Gasteiger partial charge < -0.3 is 10.6 Å². The average Bonchev–Trinajstić information content (AvgIpc) is 2.91. The highest BCUT2D eigenvalue weighted by atomic mass is 15.2. The van der Waals surface area contributed by atoms with Crippen molar-refractivity contribution in [1.29, 1.82) is 5.26 Å². The van der Waals surface area contributed by atoms with Gasteiger partial charge in [0.15, 0.2) is 5.96 Å². The van der Waals surface area contributed by atoms with E-state index in [1.165, 1.54) is 0 Å². The van der Waals surface area contributed by atoms with Crippen LogP contribution in [0.2, 0.25) is 0 Å². The van der Waals surface area contributed by atoms with Gasteiger partial charge in [0.25, 0.3) is 0 Å². The number of rotatable bonds is 1. The summed E-state index contributed by atoms with van der Waals surface area (Å²) in [6.45, 7) is 1.72. The highest BCUT2D eigenvalue weighted by molar-refractivity contribution is 5.81. The number of nitriles is 1. The number of aliphatic imine (C=N–C) groups is 1. The van der Waals surface area contributed by atoms with Crippen molar-refractivity contribution in [3.63, 3.8) is 0 Å². The monoisotopic (exact) mass is 241 g/mol. The van der Waals surface area contributed by atoms with E-state index >= 15 is 0 Å². The van der Waals surface area contributed by atoms with Crippen molar-refractivity contribution in [2.75, 3.05) is 13.1 Å². The van der Waals surface area contributed by atoms with Crippen LogP contribution < -0.4 is 10.6 Å². The van der Waals surface area contributed by atoms with E-state index in [0.29, 0.717) is 0 Å². The maximum Gasteiger partial charge on any atom is 0.191 e. The van der Waals surface area contributed by atoms with Gasteiger partial charge in [0.05, 0.1) is 29.9 Å². The predicted molar refractivity (Wildman–Crippen MR) is 68.1 cm³/mol. The van der Waals surface area contributed by atoms with E-state index < -0.39 is 0 Å². The fraction of sp³-hybridized carbons (Fsp3) is 0.462. The van der Waals surface area contributed by atoms with Crippen molar-refractivity contribution in [3.05, 3.63) is 29.1 Å². The predicted octanol–water partition coefficient (Wildman–Crippen LogP) is 0.879. The number of guanidine groups is 1. The molecule has 2 heterocycles. The summed E-state index contributed by atoms with van der Waals surface area (Å²) < 4.78 is 0. The minimum absolute atomic E-state index is 0.173. The third kappa shape index (κ3) is 1.90. The molecular weight excluding hydrogens is 226 g/mol. The minimum atomic E-state index is 0.173. The SMILES string of the molecule is N#Cc1ccnc2c1CCCC2NC1=NCCN1. The summed E-state index contributed by atoms with van der Waals surface area (Å²) in [5.41, 5.74) is 2.87. The summed E-state index contributed by atoms with van der Waals surface area (Å²) in [4.78, 5) is 8.80. The molecule has 2 N–H and O–H groups in total. The molecule has 1 aromatic heterocycles. The van der Waals surface area contributed by atoms with E-state index in [1.807, 2.05) is 0 Å². The third-order valence-corrected chi connectivity index (χ3v) is 3.44. The van der Waals surface area contributed by atoms with Gasteiger partial charge in [-0.1, -0.05) is 0 Å². The van der Waals surface area contributed by atoms with Crippen molar-refractivity contribution in [1.82, 2.24) is 15.6 Å². The molecule has 3 rings (SSSR count). The van der Waals surface area contributed by atoms with E-state index in [-0.39, 0.29) is 6.04 Å². The highest BCUT2D eigenvalue weighted by Gasteiger charge is 2.24. The molecule has 0 aromatic carbocycles. The summed E-state index contributed by atoms with van der Waals surface area (Å²) >= 11 is 0. The molecule has 1 aromatic rings. The average molecular weight is 241 g/mol. The Labute approximate surface area is 106 Å². The van der Waals surface area contributed by atoms with E-state index in [9.17, 15) is 0 Å². The van der Waals surface area contributed by atoms with Crippen molar-refractivity contribution in [2.45, 2.75) is 25.3 Å². The van der Waals surface area contributed by atoms with Crippen LogP contribution in [0.4, 0.5) is 0 Å². The molecule has 92 valence electrons. The van der Waals surface area contributed by atoms with Crippen LogP contribution in [0.25, 0.3) is 0 Å². The van der Waals surface area contributed by atoms with E-state index in [0.717, 1.165) is 55.1 Å². The van der Waals surface area contributed by atoms with Crippen LogP contribution in [0.3, 0.4) is 0 Å². The largest absolute Gasteiger partial charge is 0.355 e. The number of hydrogen-bond donors (Lipinski definition) is 2. The van der Waals surface area contributed by atoms with Gasteiger partial charge >= 0.3 is 0 Å². The normalized spacial score (nSPS) is 21.5. The van der Waals surface area contributed by atoms with Crippen LogP contribution in [-0.4, -0.2) is 24.0 Å². The molecule has 0 fully saturated rings. The summed E-state index contributed by atoms with van der Waals surface area (Å²) in [6, 6.07) is 4.23. The Balaban J connectivity index is 1.90. The summed E-state index contributed by atoms with van der Waals surface area (Å²) in [5, 5.41) is 15.7. The summed E-state index contributed by atoms with van der Waals surface area (Å²) in [5.74, 6) is 0.858. The number of pyridine rings is 1. The lowest BCUT2D eigenvalue weighted by Gasteiger charge is -2.26. The topological polar surface area (TPSA) is 73.1 Å². The Bertz CT molecular complexity index is 529. The lowest BCUT2D eigenvalue weighted by Crippen LogP contribution is -2.38. The first-order valence-electron chi connectivity index (χ1n) is 6.31. The quantitative estimate of drug-likeness (QED) is 0.765. The Morgan fingerprint density at radius 2 is 2.44 bits per heavy atom. The minimum Gasteiger partial charge on any atom is -0.355 e. The molecule has 1 unspecified atom stereocenters. The van der Waals surface area contributed by atoms with Gasteiger partial charge in [-0.15, -0.1) is 0 Å². The van der Waals surface area contributed by atoms with Crippen molar-refractivity contribution < 1.29 is 0 Å². The molecule has 1 atom stereocenters. The van der Waals surface area contributed by atoms with Gasteiger partial charge in [0.2, 0.25) is 0 Å². The molecule has 5 nitrogen and oxygen atoms in total. The molecule has 5 heteroatoms. The number of fused-ring (bicyclic) bond motifs is 1. The lowest BCUT2D eigenvalue weighted by atomic mass is 9.89. The molecule has 1 aliphatic heterocycles. The molecule has 0 radical (unpaired) electrons. The fourth-order valence-electron chi connectivity index (χ4n) is 2.60. The van der Waals surface area contributed by atoms with Crippen molar-refractivity contribution in [3.8, 4) is 6.07 Å². The number of nitrogens with zero attached hydrogens (tertiary/aromatic N) is 3. The third-order valence-electron chi connectivity index (χ3n) is 3.44. The smallest absolute Gasteiger partial charge is 0.191 e. The Morgan fingerprint density at radius 3 is 3.22 bits per heavy atom. The molecule has 18 heavy (non-hydrogen) atoms. The molecule has 0 amide bonds. The second-order valence-electron chi connectivity index (χ2n) is 4.58. The van der Waals surface area contributed by atoms with Crippen LogP contribution in [0.5, 0.6) is 0 Å². The van der Waals surface area contributed by atoms with Crippen molar-refractivity contribution >= 4 is 5.96 Å². The summed E-state index contributed by atoms with van der Waals surface area (Å²) in [6.07, 6.45) is 4.79. The van der Waals surface area contributed by atoms with Crippen LogP contribution in [0.15, 0.2) is 17.3 Å². The second-order valence-corrected chi connectivity index (χ2v) is 4.58. The van der Waals surface area contributed by atoms with Crippen LogP contribution >= 0.6 is 0 Å². The molecule has 0 bridgehead atoms. The number of aromatic nitrogens is 1. The maximum absolute atomic E-state index is 9.13.